The molecule has 3 heteroatoms. The van der Waals surface area contributed by atoms with Gasteiger partial charge in [-0.25, -0.2) is 0 Å². The first kappa shape index (κ1) is 10.1. The summed E-state index contributed by atoms with van der Waals surface area (Å²) >= 11 is 5.51. The Kier molecular flexibility index (Phi) is 2.94. The van der Waals surface area contributed by atoms with Gasteiger partial charge in [0.1, 0.15) is 5.76 Å². The first-order chi connectivity index (χ1) is 6.02. The van der Waals surface area contributed by atoms with E-state index in [1.807, 2.05) is 0 Å². The zero-order valence-corrected chi connectivity index (χ0v) is 7.97. The number of ketones is 1. The van der Waals surface area contributed by atoms with Crippen molar-refractivity contribution in [3.05, 3.63) is 35.6 Å². The fourth-order valence-electron chi connectivity index (χ4n) is 1.02. The number of aliphatic hydroxyl groups is 1. The number of carbonyl (C=O) groups is 1. The summed E-state index contributed by atoms with van der Waals surface area (Å²) in [5.74, 6) is -0.279. The van der Waals surface area contributed by atoms with Crippen LogP contribution in [0, 0.1) is 5.92 Å². The fraction of sp³-hybridized carbons (Fsp3) is 0.300. The third kappa shape index (κ3) is 2.74. The summed E-state index contributed by atoms with van der Waals surface area (Å²) in [6.45, 7) is 6.73. The first-order valence-electron chi connectivity index (χ1n) is 4.01. The molecule has 1 rings (SSSR count). The van der Waals surface area contributed by atoms with Gasteiger partial charge in [0.05, 0.1) is 5.57 Å². The number of rotatable bonds is 4. The van der Waals surface area contributed by atoms with E-state index in [9.17, 15) is 4.79 Å². The minimum Gasteiger partial charge on any atom is -0.508 e. The number of carbonyl (C=O) groups excluding carboxylic acids is 1. The van der Waals surface area contributed by atoms with Crippen LogP contribution in [0.3, 0.4) is 0 Å². The predicted molar refractivity (Wildman–Crippen MR) is 52.6 cm³/mol. The second kappa shape index (κ2) is 3.79. The highest BCUT2D eigenvalue weighted by molar-refractivity contribution is 6.31. The third-order valence-electron chi connectivity index (χ3n) is 1.83. The monoisotopic (exact) mass is 198 g/mol. The second-order valence-corrected chi connectivity index (χ2v) is 3.58. The topological polar surface area (TPSA) is 37.3 Å². The molecule has 0 saturated heterocycles. The highest BCUT2D eigenvalue weighted by Crippen LogP contribution is 2.33. The van der Waals surface area contributed by atoms with Crippen LogP contribution in [0.15, 0.2) is 35.6 Å². The minimum atomic E-state index is -0.237. The summed E-state index contributed by atoms with van der Waals surface area (Å²) in [4.78, 5) is 11.5. The smallest absolute Gasteiger partial charge is 0.169 e. The molecule has 0 aromatic heterocycles. The molecular formula is C10H11ClO2. The van der Waals surface area contributed by atoms with Crippen LogP contribution in [-0.2, 0) is 4.79 Å². The van der Waals surface area contributed by atoms with Crippen LogP contribution >= 0.6 is 11.6 Å². The van der Waals surface area contributed by atoms with Gasteiger partial charge in [0, 0.05) is 11.0 Å². The van der Waals surface area contributed by atoms with Crippen LogP contribution in [0.4, 0.5) is 0 Å². The van der Waals surface area contributed by atoms with Crippen molar-refractivity contribution in [2.45, 2.75) is 12.8 Å². The molecule has 0 unspecified atom stereocenters. The van der Waals surface area contributed by atoms with E-state index < -0.39 is 0 Å². The maximum atomic E-state index is 11.5. The Morgan fingerprint density at radius 2 is 2.00 bits per heavy atom. The van der Waals surface area contributed by atoms with Gasteiger partial charge in [0.2, 0.25) is 0 Å². The van der Waals surface area contributed by atoms with Gasteiger partial charge in [-0.1, -0.05) is 24.8 Å². The Hall–Kier alpha value is -1.02. The molecule has 0 aromatic carbocycles. The quantitative estimate of drug-likeness (QED) is 0.429. The predicted octanol–water partition coefficient (Wildman–Crippen LogP) is 2.72. The van der Waals surface area contributed by atoms with Crippen molar-refractivity contribution in [2.75, 3.05) is 0 Å². The molecule has 1 aliphatic carbocycles. The molecule has 1 aliphatic rings. The van der Waals surface area contributed by atoms with Crippen molar-refractivity contribution in [3.63, 3.8) is 0 Å². The van der Waals surface area contributed by atoms with Crippen molar-refractivity contribution in [1.29, 1.82) is 0 Å². The lowest BCUT2D eigenvalue weighted by atomic mass is 10.1. The van der Waals surface area contributed by atoms with Crippen LogP contribution in [0.2, 0.25) is 0 Å². The molecule has 1 fully saturated rings. The summed E-state index contributed by atoms with van der Waals surface area (Å²) in [5.41, 5.74) is 0.183. The minimum absolute atomic E-state index is 0.0474. The van der Waals surface area contributed by atoms with Gasteiger partial charge in [-0.2, -0.15) is 0 Å². The van der Waals surface area contributed by atoms with E-state index in [1.54, 1.807) is 0 Å². The molecule has 0 atom stereocenters. The molecule has 0 spiro atoms. The van der Waals surface area contributed by atoms with Crippen LogP contribution in [0.1, 0.15) is 12.8 Å². The summed E-state index contributed by atoms with van der Waals surface area (Å²) < 4.78 is 0. The van der Waals surface area contributed by atoms with Crippen molar-refractivity contribution < 1.29 is 9.90 Å². The summed E-state index contributed by atoms with van der Waals surface area (Å²) in [5, 5.41) is 9.35. The molecule has 13 heavy (non-hydrogen) atoms. The maximum Gasteiger partial charge on any atom is 0.169 e. The van der Waals surface area contributed by atoms with Crippen LogP contribution in [0.25, 0.3) is 0 Å². The molecule has 1 saturated carbocycles. The average Bonchev–Trinajstić information content (AvgIpc) is 2.80. The molecule has 1 N–H and O–H groups in total. The van der Waals surface area contributed by atoms with Gasteiger partial charge in [0.15, 0.2) is 5.78 Å². The summed E-state index contributed by atoms with van der Waals surface area (Å²) in [6, 6.07) is 0. The van der Waals surface area contributed by atoms with E-state index >= 15 is 0 Å². The average molecular weight is 199 g/mol. The molecule has 0 heterocycles. The number of aliphatic hydroxyl groups excluding tert-OH is 1. The normalized spacial score (nSPS) is 16.8. The van der Waals surface area contributed by atoms with E-state index in [0.717, 1.165) is 12.8 Å². The lowest BCUT2D eigenvalue weighted by molar-refractivity contribution is -0.116. The van der Waals surface area contributed by atoms with Crippen LogP contribution in [-0.4, -0.2) is 10.9 Å². The summed E-state index contributed by atoms with van der Waals surface area (Å²) in [6.07, 6.45) is 3.13. The van der Waals surface area contributed by atoms with Gasteiger partial charge in [-0.15, -0.1) is 0 Å². The van der Waals surface area contributed by atoms with Crippen LogP contribution in [0.5, 0.6) is 0 Å². The van der Waals surface area contributed by atoms with E-state index in [2.05, 4.69) is 13.2 Å². The molecule has 70 valence electrons. The number of hydrogen-bond donors (Lipinski definition) is 1. The lowest BCUT2D eigenvalue weighted by Crippen LogP contribution is -2.06. The van der Waals surface area contributed by atoms with Gasteiger partial charge in [-0.3, -0.25) is 4.79 Å². The summed E-state index contributed by atoms with van der Waals surface area (Å²) in [7, 11) is 0. The number of allylic oxidation sites excluding steroid dienone is 3. The Balaban J connectivity index is 2.84. The molecule has 0 radical (unpaired) electrons. The molecule has 0 aliphatic heterocycles. The molecule has 2 nitrogen and oxygen atoms in total. The van der Waals surface area contributed by atoms with E-state index in [-0.39, 0.29) is 28.1 Å². The molecule has 0 aromatic rings. The molecule has 0 bridgehead atoms. The Morgan fingerprint density at radius 3 is 2.31 bits per heavy atom. The van der Waals surface area contributed by atoms with Gasteiger partial charge >= 0.3 is 0 Å². The first-order valence-corrected chi connectivity index (χ1v) is 4.38. The Morgan fingerprint density at radius 1 is 1.46 bits per heavy atom. The number of Topliss-reactive ketones (excluding diaryl/α,β-unsaturated/α-hetero) is 1. The Bertz CT molecular complexity index is 298. The zero-order valence-electron chi connectivity index (χ0n) is 7.22. The third-order valence-corrected chi connectivity index (χ3v) is 1.93. The Labute approximate surface area is 82.2 Å². The largest absolute Gasteiger partial charge is 0.508 e. The zero-order chi connectivity index (χ0) is 10.0. The van der Waals surface area contributed by atoms with Crippen molar-refractivity contribution in [3.8, 4) is 0 Å². The van der Waals surface area contributed by atoms with Gasteiger partial charge < -0.3 is 5.11 Å². The van der Waals surface area contributed by atoms with E-state index in [0.29, 0.717) is 0 Å². The molecular weight excluding hydrogens is 188 g/mol. The maximum absolute atomic E-state index is 11.5. The SMILES string of the molecule is C=C(Cl)/C=C(\C(=C)O)C(=O)C1CC1. The second-order valence-electron chi connectivity index (χ2n) is 3.09. The lowest BCUT2D eigenvalue weighted by Gasteiger charge is -2.02. The number of hydrogen-bond acceptors (Lipinski definition) is 2. The van der Waals surface area contributed by atoms with Gasteiger partial charge in [-0.05, 0) is 18.9 Å². The molecule has 0 amide bonds. The van der Waals surface area contributed by atoms with E-state index in [4.69, 9.17) is 16.7 Å². The number of halogens is 1. The van der Waals surface area contributed by atoms with Crippen molar-refractivity contribution in [2.24, 2.45) is 5.92 Å². The standard InChI is InChI=1S/C10H11ClO2/c1-6(11)5-9(7(2)12)10(13)8-3-4-8/h5,8,12H,1-4H2/b9-5+. The van der Waals surface area contributed by atoms with E-state index in [1.165, 1.54) is 6.08 Å². The van der Waals surface area contributed by atoms with Crippen LogP contribution < -0.4 is 0 Å². The van der Waals surface area contributed by atoms with Crippen molar-refractivity contribution in [1.82, 2.24) is 0 Å². The fourth-order valence-corrected chi connectivity index (χ4v) is 1.13. The highest BCUT2D eigenvalue weighted by atomic mass is 35.5. The van der Waals surface area contributed by atoms with Gasteiger partial charge in [0.25, 0.3) is 0 Å². The highest BCUT2D eigenvalue weighted by Gasteiger charge is 2.32. The van der Waals surface area contributed by atoms with Crippen molar-refractivity contribution >= 4 is 17.4 Å².